The number of rotatable bonds is 5. The Morgan fingerprint density at radius 3 is 2.68 bits per heavy atom. The number of nitrogens with one attached hydrogen (secondary N) is 2. The van der Waals surface area contributed by atoms with E-state index < -0.39 is 0 Å². The molecule has 7 heteroatoms. The first-order valence-corrected chi connectivity index (χ1v) is 9.61. The number of fused-ring (bicyclic) bond motifs is 2. The van der Waals surface area contributed by atoms with Crippen molar-refractivity contribution in [3.05, 3.63) is 52.8 Å². The maximum absolute atomic E-state index is 12.4. The molecule has 4 aromatic rings. The van der Waals surface area contributed by atoms with Crippen LogP contribution >= 0.6 is 0 Å². The maximum Gasteiger partial charge on any atom is 0.278 e. The first-order chi connectivity index (χ1) is 13.8. The minimum Gasteiger partial charge on any atom is -0.492 e. The topological polar surface area (TPSA) is 86.9 Å². The summed E-state index contributed by atoms with van der Waals surface area (Å²) < 4.78 is 5.90. The Morgan fingerprint density at radius 2 is 1.79 bits per heavy atom. The van der Waals surface area contributed by atoms with Crippen LogP contribution in [0.15, 0.2) is 47.3 Å². The normalized spacial score (nSPS) is 14.9. The van der Waals surface area contributed by atoms with E-state index in [-0.39, 0.29) is 11.3 Å². The number of aromatic nitrogens is 4. The highest BCUT2D eigenvalue weighted by atomic mass is 16.5. The van der Waals surface area contributed by atoms with Gasteiger partial charge < -0.3 is 14.7 Å². The molecule has 0 bridgehead atoms. The number of hydrogen-bond acceptors (Lipinski definition) is 5. The van der Waals surface area contributed by atoms with E-state index in [2.05, 4.69) is 24.8 Å². The van der Waals surface area contributed by atoms with Gasteiger partial charge in [0.2, 0.25) is 0 Å². The molecule has 2 aromatic carbocycles. The molecule has 0 saturated carbocycles. The van der Waals surface area contributed by atoms with Gasteiger partial charge in [-0.1, -0.05) is 12.1 Å². The molecule has 1 aliphatic heterocycles. The number of para-hydroxylation sites is 2. The standard InChI is InChI=1S/C21H21N5O2/c27-21-19(22-15-5-1-2-6-16(15)25-21)20-23-17-8-7-14(13-18(17)24-20)28-12-11-26-9-3-4-10-26/h1-2,5-8,13H,3-4,9-12H2,(H,23,24)(H,25,27). The van der Waals surface area contributed by atoms with Gasteiger partial charge in [0.1, 0.15) is 12.4 Å². The second-order valence-corrected chi connectivity index (χ2v) is 7.09. The molecule has 1 fully saturated rings. The summed E-state index contributed by atoms with van der Waals surface area (Å²) in [6.45, 7) is 3.94. The molecular formula is C21H21N5O2. The van der Waals surface area contributed by atoms with Crippen molar-refractivity contribution in [2.24, 2.45) is 0 Å². The molecule has 1 saturated heterocycles. The van der Waals surface area contributed by atoms with Gasteiger partial charge >= 0.3 is 0 Å². The lowest BCUT2D eigenvalue weighted by atomic mass is 10.3. The number of benzene rings is 2. The van der Waals surface area contributed by atoms with E-state index in [4.69, 9.17) is 4.74 Å². The summed E-state index contributed by atoms with van der Waals surface area (Å²) in [7, 11) is 0. The lowest BCUT2D eigenvalue weighted by Gasteiger charge is -2.14. The average Bonchev–Trinajstić information content (AvgIpc) is 3.36. The smallest absolute Gasteiger partial charge is 0.278 e. The molecular weight excluding hydrogens is 354 g/mol. The van der Waals surface area contributed by atoms with Gasteiger partial charge in [0.15, 0.2) is 11.5 Å². The van der Waals surface area contributed by atoms with Crippen LogP contribution in [-0.4, -0.2) is 51.1 Å². The van der Waals surface area contributed by atoms with E-state index in [1.165, 1.54) is 25.9 Å². The third-order valence-electron chi connectivity index (χ3n) is 5.15. The highest BCUT2D eigenvalue weighted by Crippen LogP contribution is 2.22. The minimum atomic E-state index is -0.264. The first kappa shape index (κ1) is 16.9. The summed E-state index contributed by atoms with van der Waals surface area (Å²) in [5.41, 5.74) is 3.05. The second-order valence-electron chi connectivity index (χ2n) is 7.09. The quantitative estimate of drug-likeness (QED) is 0.560. The first-order valence-electron chi connectivity index (χ1n) is 9.61. The highest BCUT2D eigenvalue weighted by Gasteiger charge is 2.13. The van der Waals surface area contributed by atoms with Crippen LogP contribution < -0.4 is 10.3 Å². The van der Waals surface area contributed by atoms with E-state index >= 15 is 0 Å². The van der Waals surface area contributed by atoms with E-state index in [1.54, 1.807) is 0 Å². The van der Waals surface area contributed by atoms with Crippen molar-refractivity contribution in [3.8, 4) is 17.3 Å². The van der Waals surface area contributed by atoms with Crippen LogP contribution in [0.25, 0.3) is 33.6 Å². The molecule has 0 radical (unpaired) electrons. The molecule has 2 N–H and O–H groups in total. The zero-order valence-corrected chi connectivity index (χ0v) is 15.4. The van der Waals surface area contributed by atoms with Crippen LogP contribution in [0.4, 0.5) is 0 Å². The SMILES string of the molecule is O=c1[nH]c2ccccc2nc1-c1nc2ccc(OCCN3CCCC3)cc2[nH]1. The third kappa shape index (κ3) is 3.25. The van der Waals surface area contributed by atoms with E-state index in [9.17, 15) is 4.79 Å². The molecule has 7 nitrogen and oxygen atoms in total. The molecule has 0 aliphatic carbocycles. The Kier molecular flexibility index (Phi) is 4.29. The lowest BCUT2D eigenvalue weighted by molar-refractivity contribution is 0.238. The number of imidazole rings is 1. The van der Waals surface area contributed by atoms with Gasteiger partial charge in [0.05, 0.1) is 22.1 Å². The number of H-pyrrole nitrogens is 2. The van der Waals surface area contributed by atoms with Crippen molar-refractivity contribution in [3.63, 3.8) is 0 Å². The third-order valence-corrected chi connectivity index (χ3v) is 5.15. The van der Waals surface area contributed by atoms with Crippen LogP contribution in [0.2, 0.25) is 0 Å². The predicted octanol–water partition coefficient (Wildman–Crippen LogP) is 2.94. The van der Waals surface area contributed by atoms with Gasteiger partial charge in [-0.15, -0.1) is 0 Å². The summed E-state index contributed by atoms with van der Waals surface area (Å²) in [6.07, 6.45) is 2.57. The largest absolute Gasteiger partial charge is 0.492 e. The maximum atomic E-state index is 12.4. The fraction of sp³-hybridized carbons (Fsp3) is 0.286. The molecule has 0 atom stereocenters. The van der Waals surface area contributed by atoms with Crippen molar-refractivity contribution >= 4 is 22.1 Å². The molecule has 2 aromatic heterocycles. The predicted molar refractivity (Wildman–Crippen MR) is 109 cm³/mol. The summed E-state index contributed by atoms with van der Waals surface area (Å²) in [5, 5.41) is 0. The molecule has 0 unspecified atom stereocenters. The molecule has 0 amide bonds. The Balaban J connectivity index is 1.40. The Labute approximate surface area is 161 Å². The van der Waals surface area contributed by atoms with Crippen LogP contribution in [0.5, 0.6) is 5.75 Å². The molecule has 28 heavy (non-hydrogen) atoms. The molecule has 3 heterocycles. The molecule has 5 rings (SSSR count). The van der Waals surface area contributed by atoms with Crippen molar-refractivity contribution in [2.75, 3.05) is 26.2 Å². The summed E-state index contributed by atoms with van der Waals surface area (Å²) >= 11 is 0. The Morgan fingerprint density at radius 1 is 0.964 bits per heavy atom. The second kappa shape index (κ2) is 7.09. The van der Waals surface area contributed by atoms with Crippen LogP contribution in [0, 0.1) is 0 Å². The van der Waals surface area contributed by atoms with Gasteiger partial charge in [-0.3, -0.25) is 9.69 Å². The highest BCUT2D eigenvalue weighted by molar-refractivity contribution is 5.81. The van der Waals surface area contributed by atoms with Gasteiger partial charge in [-0.2, -0.15) is 0 Å². The number of nitrogens with zero attached hydrogens (tertiary/aromatic N) is 3. The Hall–Kier alpha value is -3.19. The number of ether oxygens (including phenoxy) is 1. The zero-order chi connectivity index (χ0) is 18.9. The van der Waals surface area contributed by atoms with Gasteiger partial charge in [-0.05, 0) is 50.2 Å². The number of likely N-dealkylation sites (tertiary alicyclic amines) is 1. The van der Waals surface area contributed by atoms with Crippen molar-refractivity contribution in [1.82, 2.24) is 24.8 Å². The van der Waals surface area contributed by atoms with Crippen LogP contribution in [0.3, 0.4) is 0 Å². The van der Waals surface area contributed by atoms with E-state index in [0.29, 0.717) is 17.9 Å². The molecule has 142 valence electrons. The number of aromatic amines is 2. The van der Waals surface area contributed by atoms with E-state index in [0.717, 1.165) is 28.8 Å². The zero-order valence-electron chi connectivity index (χ0n) is 15.4. The van der Waals surface area contributed by atoms with Gasteiger partial charge in [-0.25, -0.2) is 9.97 Å². The van der Waals surface area contributed by atoms with Crippen LogP contribution in [0.1, 0.15) is 12.8 Å². The summed E-state index contributed by atoms with van der Waals surface area (Å²) in [6, 6.07) is 13.2. The lowest BCUT2D eigenvalue weighted by Crippen LogP contribution is -2.25. The van der Waals surface area contributed by atoms with Gasteiger partial charge in [0.25, 0.3) is 5.56 Å². The fourth-order valence-corrected chi connectivity index (χ4v) is 3.68. The molecule has 0 spiro atoms. The molecule has 1 aliphatic rings. The summed E-state index contributed by atoms with van der Waals surface area (Å²) in [5.74, 6) is 1.25. The average molecular weight is 375 g/mol. The van der Waals surface area contributed by atoms with E-state index in [1.807, 2.05) is 42.5 Å². The van der Waals surface area contributed by atoms with Crippen LogP contribution in [-0.2, 0) is 0 Å². The van der Waals surface area contributed by atoms with Crippen molar-refractivity contribution in [2.45, 2.75) is 12.8 Å². The monoisotopic (exact) mass is 375 g/mol. The minimum absolute atomic E-state index is 0.264. The fourth-order valence-electron chi connectivity index (χ4n) is 3.68. The number of hydrogen-bond donors (Lipinski definition) is 2. The summed E-state index contributed by atoms with van der Waals surface area (Å²) in [4.78, 5) is 29.9. The van der Waals surface area contributed by atoms with Gasteiger partial charge in [0, 0.05) is 12.6 Å². The van der Waals surface area contributed by atoms with Crippen molar-refractivity contribution in [1.29, 1.82) is 0 Å². The Bertz CT molecular complexity index is 1190. The van der Waals surface area contributed by atoms with Crippen molar-refractivity contribution < 1.29 is 4.74 Å².